The molecule has 0 radical (unpaired) electrons. The maximum absolute atomic E-state index is 11.6. The van der Waals surface area contributed by atoms with Gasteiger partial charge in [-0.2, -0.15) is 4.42 Å². The van der Waals surface area contributed by atoms with E-state index >= 15 is 0 Å². The first-order valence-electron chi connectivity index (χ1n) is 5.05. The van der Waals surface area contributed by atoms with E-state index in [4.69, 9.17) is 16.5 Å². The highest BCUT2D eigenvalue weighted by Gasteiger charge is 2.22. The van der Waals surface area contributed by atoms with Crippen LogP contribution in [0.2, 0.25) is 0 Å². The summed E-state index contributed by atoms with van der Waals surface area (Å²) in [5.74, 6) is 0. The van der Waals surface area contributed by atoms with Crippen molar-refractivity contribution in [2.24, 2.45) is 0 Å². The average Bonchev–Trinajstić information content (AvgIpc) is 2.14. The molecule has 0 aliphatic carbocycles. The molecule has 1 aromatic carbocycles. The van der Waals surface area contributed by atoms with Crippen molar-refractivity contribution in [1.29, 1.82) is 0 Å². The van der Waals surface area contributed by atoms with Gasteiger partial charge in [-0.25, -0.2) is 4.79 Å². The molecule has 0 aliphatic heterocycles. The van der Waals surface area contributed by atoms with Crippen LogP contribution in [-0.4, -0.2) is 11.7 Å². The van der Waals surface area contributed by atoms with Crippen LogP contribution in [0.5, 0.6) is 0 Å². The van der Waals surface area contributed by atoms with Crippen molar-refractivity contribution in [2.75, 3.05) is 4.42 Å². The van der Waals surface area contributed by atoms with Crippen LogP contribution in [0.15, 0.2) is 24.3 Å². The van der Waals surface area contributed by atoms with E-state index in [2.05, 4.69) is 0 Å². The molecule has 0 fully saturated rings. The number of carbonyl (C=O) groups excluding carboxylic acids is 1. The van der Waals surface area contributed by atoms with Crippen LogP contribution < -0.4 is 4.42 Å². The minimum absolute atomic E-state index is 0.548. The van der Waals surface area contributed by atoms with E-state index in [0.717, 1.165) is 9.98 Å². The summed E-state index contributed by atoms with van der Waals surface area (Å²) >= 11 is 5.89. The lowest BCUT2D eigenvalue weighted by Crippen LogP contribution is -2.31. The topological polar surface area (TPSA) is 29.5 Å². The third-order valence-corrected chi connectivity index (χ3v) is 2.12. The Bertz CT molecular complexity index is 385. The number of amides is 1. The largest absolute Gasteiger partial charge is 0.443 e. The van der Waals surface area contributed by atoms with E-state index in [9.17, 15) is 4.79 Å². The fourth-order valence-corrected chi connectivity index (χ4v) is 1.30. The summed E-state index contributed by atoms with van der Waals surface area (Å²) in [5, 5.41) is 0. The second kappa shape index (κ2) is 4.74. The number of nitrogens with zero attached hydrogens (tertiary/aromatic N) is 1. The van der Waals surface area contributed by atoms with E-state index in [1.807, 2.05) is 25.1 Å². The summed E-state index contributed by atoms with van der Waals surface area (Å²) in [4.78, 5) is 11.6. The van der Waals surface area contributed by atoms with Crippen LogP contribution >= 0.6 is 11.8 Å². The Kier molecular flexibility index (Phi) is 3.81. The second-order valence-electron chi connectivity index (χ2n) is 4.60. The van der Waals surface area contributed by atoms with Crippen molar-refractivity contribution in [3.8, 4) is 0 Å². The third-order valence-electron chi connectivity index (χ3n) is 1.78. The van der Waals surface area contributed by atoms with Gasteiger partial charge in [-0.1, -0.05) is 12.1 Å². The zero-order valence-corrected chi connectivity index (χ0v) is 10.7. The number of anilines is 1. The summed E-state index contributed by atoms with van der Waals surface area (Å²) in [6.07, 6.45) is -0.570. The molecule has 0 spiro atoms. The Hall–Kier alpha value is -1.22. The highest BCUT2D eigenvalue weighted by molar-refractivity contribution is 6.35. The van der Waals surface area contributed by atoms with Crippen molar-refractivity contribution >= 4 is 23.6 Å². The average molecular weight is 242 g/mol. The number of benzene rings is 1. The first kappa shape index (κ1) is 12.8. The minimum atomic E-state index is -0.570. The zero-order valence-electron chi connectivity index (χ0n) is 9.95. The summed E-state index contributed by atoms with van der Waals surface area (Å²) in [7, 11) is 0. The number of ether oxygens (including phenoxy) is 1. The Balaban J connectivity index is 2.78. The lowest BCUT2D eigenvalue weighted by Gasteiger charge is -2.23. The molecule has 3 nitrogen and oxygen atoms in total. The van der Waals surface area contributed by atoms with Gasteiger partial charge in [-0.3, -0.25) is 0 Å². The molecule has 0 unspecified atom stereocenters. The fourth-order valence-electron chi connectivity index (χ4n) is 1.16. The standard InChI is InChI=1S/C12H16ClNO2/c1-9-6-5-7-10(8-9)14(13)11(15)16-12(2,3)4/h5-8H,1-4H3. The van der Waals surface area contributed by atoms with Crippen molar-refractivity contribution in [3.63, 3.8) is 0 Å². The molecule has 0 saturated heterocycles. The number of hydrogen-bond donors (Lipinski definition) is 0. The molecular weight excluding hydrogens is 226 g/mol. The maximum atomic E-state index is 11.6. The normalized spacial score (nSPS) is 11.1. The SMILES string of the molecule is Cc1cccc(N(Cl)C(=O)OC(C)(C)C)c1. The third kappa shape index (κ3) is 3.74. The van der Waals surface area contributed by atoms with Crippen LogP contribution in [0.3, 0.4) is 0 Å². The predicted octanol–water partition coefficient (Wildman–Crippen LogP) is 3.89. The molecular formula is C12H16ClNO2. The van der Waals surface area contributed by atoms with Gasteiger partial charge in [0.05, 0.1) is 5.69 Å². The van der Waals surface area contributed by atoms with Crippen molar-refractivity contribution in [1.82, 2.24) is 0 Å². The van der Waals surface area contributed by atoms with Crippen molar-refractivity contribution < 1.29 is 9.53 Å². The van der Waals surface area contributed by atoms with Crippen LogP contribution in [0.1, 0.15) is 26.3 Å². The van der Waals surface area contributed by atoms with E-state index in [1.165, 1.54) is 0 Å². The number of aryl methyl sites for hydroxylation is 1. The highest BCUT2D eigenvalue weighted by Crippen LogP contribution is 2.21. The van der Waals surface area contributed by atoms with Gasteiger partial charge in [0.1, 0.15) is 5.60 Å². The van der Waals surface area contributed by atoms with Gasteiger partial charge in [-0.05, 0) is 45.4 Å². The van der Waals surface area contributed by atoms with E-state index in [0.29, 0.717) is 5.69 Å². The molecule has 4 heteroatoms. The minimum Gasteiger partial charge on any atom is -0.443 e. The molecule has 1 aromatic rings. The molecule has 0 bridgehead atoms. The quantitative estimate of drug-likeness (QED) is 0.698. The van der Waals surface area contributed by atoms with Gasteiger partial charge in [0, 0.05) is 11.8 Å². The number of hydrogen-bond acceptors (Lipinski definition) is 2. The van der Waals surface area contributed by atoms with Gasteiger partial charge in [-0.15, -0.1) is 0 Å². The van der Waals surface area contributed by atoms with Crippen LogP contribution in [0.25, 0.3) is 0 Å². The summed E-state index contributed by atoms with van der Waals surface area (Å²) < 4.78 is 6.13. The molecule has 0 saturated carbocycles. The molecule has 0 aliphatic rings. The monoisotopic (exact) mass is 241 g/mol. The van der Waals surface area contributed by atoms with E-state index in [-0.39, 0.29) is 0 Å². The molecule has 0 aromatic heterocycles. The van der Waals surface area contributed by atoms with Gasteiger partial charge in [0.25, 0.3) is 0 Å². The number of rotatable bonds is 1. The zero-order chi connectivity index (χ0) is 12.3. The Morgan fingerprint density at radius 2 is 2.00 bits per heavy atom. The van der Waals surface area contributed by atoms with E-state index < -0.39 is 11.7 Å². The van der Waals surface area contributed by atoms with E-state index in [1.54, 1.807) is 26.8 Å². The predicted molar refractivity (Wildman–Crippen MR) is 65.7 cm³/mol. The first-order valence-corrected chi connectivity index (χ1v) is 5.39. The first-order chi connectivity index (χ1) is 7.29. The van der Waals surface area contributed by atoms with Gasteiger partial charge in [0.15, 0.2) is 0 Å². The second-order valence-corrected chi connectivity index (χ2v) is 4.94. The molecule has 0 N–H and O–H groups in total. The Morgan fingerprint density at radius 1 is 1.38 bits per heavy atom. The Labute approximate surface area is 101 Å². The molecule has 0 heterocycles. The molecule has 1 rings (SSSR count). The van der Waals surface area contributed by atoms with Gasteiger partial charge in [0.2, 0.25) is 0 Å². The van der Waals surface area contributed by atoms with Crippen LogP contribution in [-0.2, 0) is 4.74 Å². The molecule has 16 heavy (non-hydrogen) atoms. The molecule has 1 amide bonds. The summed E-state index contributed by atoms with van der Waals surface area (Å²) in [5.41, 5.74) is 1.09. The van der Waals surface area contributed by atoms with Crippen LogP contribution in [0, 0.1) is 6.92 Å². The van der Waals surface area contributed by atoms with Crippen molar-refractivity contribution in [3.05, 3.63) is 29.8 Å². The lowest BCUT2D eigenvalue weighted by molar-refractivity contribution is 0.0609. The molecule has 88 valence electrons. The highest BCUT2D eigenvalue weighted by atomic mass is 35.5. The van der Waals surface area contributed by atoms with Gasteiger partial charge >= 0.3 is 6.09 Å². The number of carbonyl (C=O) groups is 1. The molecule has 0 atom stereocenters. The Morgan fingerprint density at radius 3 is 2.50 bits per heavy atom. The summed E-state index contributed by atoms with van der Waals surface area (Å²) in [6, 6.07) is 7.34. The van der Waals surface area contributed by atoms with Crippen LogP contribution in [0.4, 0.5) is 10.5 Å². The lowest BCUT2D eigenvalue weighted by atomic mass is 10.2. The number of halogens is 1. The fraction of sp³-hybridized carbons (Fsp3) is 0.417. The smallest absolute Gasteiger partial charge is 0.429 e. The maximum Gasteiger partial charge on any atom is 0.429 e. The van der Waals surface area contributed by atoms with Crippen molar-refractivity contribution in [2.45, 2.75) is 33.3 Å². The van der Waals surface area contributed by atoms with Gasteiger partial charge < -0.3 is 4.74 Å². The summed E-state index contributed by atoms with van der Waals surface area (Å²) in [6.45, 7) is 7.33.